The predicted molar refractivity (Wildman–Crippen MR) is 78.9 cm³/mol. The van der Waals surface area contributed by atoms with E-state index in [0.29, 0.717) is 11.1 Å². The van der Waals surface area contributed by atoms with E-state index in [1.165, 1.54) is 0 Å². The molecule has 0 amide bonds. The Bertz CT molecular complexity index is 598. The summed E-state index contributed by atoms with van der Waals surface area (Å²) in [6, 6.07) is 14.1. The highest BCUT2D eigenvalue weighted by Gasteiger charge is 2.17. The lowest BCUT2D eigenvalue weighted by Gasteiger charge is -2.02. The molecule has 0 aromatic heterocycles. The maximum absolute atomic E-state index is 12.1. The molecule has 2 aromatic carbocycles. The van der Waals surface area contributed by atoms with Gasteiger partial charge in [-0.3, -0.25) is 9.59 Å². The molecule has 0 radical (unpaired) electrons. The summed E-state index contributed by atoms with van der Waals surface area (Å²) in [5.74, 6) is -0.934. The van der Waals surface area contributed by atoms with E-state index in [1.807, 2.05) is 31.2 Å². The van der Waals surface area contributed by atoms with Crippen molar-refractivity contribution in [1.29, 1.82) is 0 Å². The molecule has 0 atom stereocenters. The summed E-state index contributed by atoms with van der Waals surface area (Å²) >= 11 is 3.34. The Labute approximate surface area is 120 Å². The lowest BCUT2D eigenvalue weighted by atomic mass is 10.00. The van der Waals surface area contributed by atoms with Crippen LogP contribution in [0.25, 0.3) is 0 Å². The zero-order valence-electron chi connectivity index (χ0n) is 10.5. The first-order valence-corrected chi connectivity index (χ1v) is 7.04. The van der Waals surface area contributed by atoms with Crippen LogP contribution >= 0.6 is 15.9 Å². The van der Waals surface area contributed by atoms with Crippen molar-refractivity contribution >= 4 is 27.5 Å². The van der Waals surface area contributed by atoms with Gasteiger partial charge in [0.25, 0.3) is 0 Å². The van der Waals surface area contributed by atoms with Gasteiger partial charge in [-0.1, -0.05) is 70.0 Å². The van der Waals surface area contributed by atoms with Crippen molar-refractivity contribution in [1.82, 2.24) is 0 Å². The fourth-order valence-electron chi connectivity index (χ4n) is 1.71. The average molecular weight is 317 g/mol. The largest absolute Gasteiger partial charge is 0.285 e. The number of carbonyl (C=O) groups is 2. The lowest BCUT2D eigenvalue weighted by molar-refractivity contribution is 0.0817. The summed E-state index contributed by atoms with van der Waals surface area (Å²) in [7, 11) is 0. The van der Waals surface area contributed by atoms with Crippen LogP contribution in [-0.2, 0) is 5.33 Å². The van der Waals surface area contributed by atoms with Gasteiger partial charge < -0.3 is 0 Å². The first-order valence-electron chi connectivity index (χ1n) is 5.92. The number of rotatable bonds is 4. The molecule has 3 heteroatoms. The molecule has 0 aliphatic rings. The van der Waals surface area contributed by atoms with Gasteiger partial charge in [0, 0.05) is 16.5 Å². The third-order valence-corrected chi connectivity index (χ3v) is 3.54. The van der Waals surface area contributed by atoms with Gasteiger partial charge in [0.1, 0.15) is 0 Å². The van der Waals surface area contributed by atoms with Gasteiger partial charge in [0.15, 0.2) is 0 Å². The Hall–Kier alpha value is -1.74. The Kier molecular flexibility index (Phi) is 4.27. The van der Waals surface area contributed by atoms with Gasteiger partial charge in [-0.15, -0.1) is 0 Å². The molecule has 0 aliphatic carbocycles. The molecule has 0 fully saturated rings. The minimum absolute atomic E-state index is 0.426. The van der Waals surface area contributed by atoms with Crippen LogP contribution in [-0.4, -0.2) is 11.6 Å². The first-order chi connectivity index (χ1) is 9.11. The van der Waals surface area contributed by atoms with E-state index in [2.05, 4.69) is 15.9 Å². The SMILES string of the molecule is Cc1ccc(C(=O)C(=O)c2ccc(CBr)cc2)cc1. The lowest BCUT2D eigenvalue weighted by Crippen LogP contribution is -2.14. The summed E-state index contributed by atoms with van der Waals surface area (Å²) < 4.78 is 0. The van der Waals surface area contributed by atoms with Gasteiger partial charge in [-0.2, -0.15) is 0 Å². The fraction of sp³-hybridized carbons (Fsp3) is 0.125. The maximum Gasteiger partial charge on any atom is 0.233 e. The summed E-state index contributed by atoms with van der Waals surface area (Å²) in [5.41, 5.74) is 2.99. The quantitative estimate of drug-likeness (QED) is 0.486. The van der Waals surface area contributed by atoms with Gasteiger partial charge in [0.2, 0.25) is 11.6 Å². The van der Waals surface area contributed by atoms with E-state index in [9.17, 15) is 9.59 Å². The molecular weight excluding hydrogens is 304 g/mol. The molecule has 0 unspecified atom stereocenters. The van der Waals surface area contributed by atoms with Crippen molar-refractivity contribution < 1.29 is 9.59 Å². The average Bonchev–Trinajstić information content (AvgIpc) is 2.46. The van der Waals surface area contributed by atoms with Crippen LogP contribution in [0.5, 0.6) is 0 Å². The number of benzene rings is 2. The molecule has 0 spiro atoms. The molecular formula is C16H13BrO2. The summed E-state index contributed by atoms with van der Waals surface area (Å²) in [5, 5.41) is 0.730. The molecule has 2 rings (SSSR count). The number of carbonyl (C=O) groups excluding carboxylic acids is 2. The first kappa shape index (κ1) is 13.7. The molecule has 0 saturated heterocycles. The second kappa shape index (κ2) is 5.93. The molecule has 2 nitrogen and oxygen atoms in total. The number of halogens is 1. The molecule has 0 N–H and O–H groups in total. The van der Waals surface area contributed by atoms with Crippen molar-refractivity contribution in [3.8, 4) is 0 Å². The van der Waals surface area contributed by atoms with Crippen molar-refractivity contribution in [2.75, 3.05) is 0 Å². The molecule has 0 saturated carbocycles. The molecule has 0 heterocycles. The van der Waals surface area contributed by atoms with Crippen LogP contribution in [0.1, 0.15) is 31.8 Å². The zero-order valence-corrected chi connectivity index (χ0v) is 12.1. The fourth-order valence-corrected chi connectivity index (χ4v) is 2.09. The Balaban J connectivity index is 2.23. The highest BCUT2D eigenvalue weighted by molar-refractivity contribution is 9.08. The number of Topliss-reactive ketones (excluding diaryl/α,β-unsaturated/α-hetero) is 2. The maximum atomic E-state index is 12.1. The predicted octanol–water partition coefficient (Wildman–Crippen LogP) is 3.96. The Morgan fingerprint density at radius 1 is 0.842 bits per heavy atom. The zero-order chi connectivity index (χ0) is 13.8. The van der Waals surface area contributed by atoms with Crippen LogP contribution in [0.4, 0.5) is 0 Å². The number of hydrogen-bond donors (Lipinski definition) is 0. The number of ketones is 2. The van der Waals surface area contributed by atoms with Crippen LogP contribution in [0.15, 0.2) is 48.5 Å². The Morgan fingerprint density at radius 3 is 1.68 bits per heavy atom. The van der Waals surface area contributed by atoms with E-state index in [0.717, 1.165) is 16.5 Å². The smallest absolute Gasteiger partial charge is 0.233 e. The van der Waals surface area contributed by atoms with Crippen LogP contribution in [0.2, 0.25) is 0 Å². The van der Waals surface area contributed by atoms with Gasteiger partial charge in [0.05, 0.1) is 0 Å². The molecule has 0 aliphatic heterocycles. The topological polar surface area (TPSA) is 34.1 Å². The highest BCUT2D eigenvalue weighted by atomic mass is 79.9. The minimum atomic E-state index is -0.468. The normalized spacial score (nSPS) is 10.2. The summed E-state index contributed by atoms with van der Waals surface area (Å²) in [6.07, 6.45) is 0. The second-order valence-corrected chi connectivity index (χ2v) is 4.92. The van der Waals surface area contributed by atoms with E-state index in [4.69, 9.17) is 0 Å². The van der Waals surface area contributed by atoms with Gasteiger partial charge >= 0.3 is 0 Å². The monoisotopic (exact) mass is 316 g/mol. The molecule has 96 valence electrons. The molecule has 19 heavy (non-hydrogen) atoms. The summed E-state index contributed by atoms with van der Waals surface area (Å²) in [4.78, 5) is 24.1. The van der Waals surface area contributed by atoms with Crippen molar-refractivity contribution in [2.24, 2.45) is 0 Å². The van der Waals surface area contributed by atoms with Crippen LogP contribution < -0.4 is 0 Å². The molecule has 0 bridgehead atoms. The standard InChI is InChI=1S/C16H13BrO2/c1-11-2-6-13(7-3-11)15(18)16(19)14-8-4-12(10-17)5-9-14/h2-9H,10H2,1H3. The van der Waals surface area contributed by atoms with Crippen molar-refractivity contribution in [2.45, 2.75) is 12.3 Å². The molecule has 2 aromatic rings. The van der Waals surface area contributed by atoms with E-state index in [-0.39, 0.29) is 0 Å². The number of aryl methyl sites for hydroxylation is 1. The van der Waals surface area contributed by atoms with Crippen molar-refractivity contribution in [3.63, 3.8) is 0 Å². The van der Waals surface area contributed by atoms with E-state index in [1.54, 1.807) is 24.3 Å². The van der Waals surface area contributed by atoms with E-state index >= 15 is 0 Å². The van der Waals surface area contributed by atoms with Gasteiger partial charge in [-0.05, 0) is 12.5 Å². The second-order valence-electron chi connectivity index (χ2n) is 4.35. The number of hydrogen-bond acceptors (Lipinski definition) is 2. The summed E-state index contributed by atoms with van der Waals surface area (Å²) in [6.45, 7) is 1.94. The number of alkyl halides is 1. The van der Waals surface area contributed by atoms with E-state index < -0.39 is 11.6 Å². The van der Waals surface area contributed by atoms with Crippen LogP contribution in [0, 0.1) is 6.92 Å². The third kappa shape index (κ3) is 3.18. The highest BCUT2D eigenvalue weighted by Crippen LogP contribution is 2.12. The third-order valence-electron chi connectivity index (χ3n) is 2.89. The van der Waals surface area contributed by atoms with Crippen molar-refractivity contribution in [3.05, 3.63) is 70.8 Å². The Morgan fingerprint density at radius 2 is 1.26 bits per heavy atom. The van der Waals surface area contributed by atoms with Crippen LogP contribution in [0.3, 0.4) is 0 Å². The minimum Gasteiger partial charge on any atom is -0.285 e. The van der Waals surface area contributed by atoms with Gasteiger partial charge in [-0.25, -0.2) is 0 Å².